The highest BCUT2D eigenvalue weighted by molar-refractivity contribution is 5.82. The van der Waals surface area contributed by atoms with Gasteiger partial charge in [0.2, 0.25) is 0 Å². The fourth-order valence-corrected chi connectivity index (χ4v) is 3.15. The monoisotopic (exact) mass is 272 g/mol. The van der Waals surface area contributed by atoms with Crippen LogP contribution in [0.5, 0.6) is 0 Å². The fourth-order valence-electron chi connectivity index (χ4n) is 3.15. The summed E-state index contributed by atoms with van der Waals surface area (Å²) in [6.45, 7) is 6.92. The van der Waals surface area contributed by atoms with E-state index in [-0.39, 0.29) is 0 Å². The van der Waals surface area contributed by atoms with Crippen molar-refractivity contribution in [1.29, 1.82) is 0 Å². The summed E-state index contributed by atoms with van der Waals surface area (Å²) < 4.78 is 2.23. The van der Waals surface area contributed by atoms with Gasteiger partial charge in [-0.25, -0.2) is 0 Å². The highest BCUT2D eigenvalue weighted by Gasteiger charge is 2.23. The average Bonchev–Trinajstić information content (AvgIpc) is 2.90. The predicted molar refractivity (Wildman–Crippen MR) is 84.3 cm³/mol. The quantitative estimate of drug-likeness (QED) is 0.932. The summed E-state index contributed by atoms with van der Waals surface area (Å²) in [5.41, 5.74) is 2.40. The van der Waals surface area contributed by atoms with Crippen molar-refractivity contribution in [3.05, 3.63) is 24.4 Å². The van der Waals surface area contributed by atoms with E-state index >= 15 is 0 Å². The number of likely N-dealkylation sites (tertiary alicyclic amines) is 1. The Morgan fingerprint density at radius 1 is 1.25 bits per heavy atom. The maximum Gasteiger partial charge on any atom is 0.0687 e. The van der Waals surface area contributed by atoms with Crippen LogP contribution in [0.4, 0.5) is 5.69 Å². The number of hydrogen-bond donors (Lipinski definition) is 1. The minimum Gasteiger partial charge on any atom is -0.388 e. The van der Waals surface area contributed by atoms with Gasteiger partial charge in [0.15, 0.2) is 0 Å². The Morgan fingerprint density at radius 2 is 2.00 bits per heavy atom. The summed E-state index contributed by atoms with van der Waals surface area (Å²) in [7, 11) is 1.95. The summed E-state index contributed by atoms with van der Waals surface area (Å²) in [5.74, 6) is 0. The normalized spacial score (nSPS) is 18.0. The highest BCUT2D eigenvalue weighted by Crippen LogP contribution is 2.28. The topological polar surface area (TPSA) is 33.1 Å². The van der Waals surface area contributed by atoms with E-state index in [4.69, 9.17) is 0 Å². The molecule has 2 aromatic rings. The standard InChI is InChI=1S/C16H24N4/c1-12(2)19-8-6-15(7-9-19)20-16-5-4-14(17-3)10-13(16)11-18-20/h4-5,10-12,15,17H,6-9H2,1-3H3. The number of fused-ring (bicyclic) bond motifs is 1. The molecule has 1 aromatic carbocycles. The molecule has 1 saturated heterocycles. The van der Waals surface area contributed by atoms with Crippen LogP contribution in [0.25, 0.3) is 10.9 Å². The van der Waals surface area contributed by atoms with Gasteiger partial charge >= 0.3 is 0 Å². The Bertz CT molecular complexity index is 579. The van der Waals surface area contributed by atoms with Crippen molar-refractivity contribution in [3.63, 3.8) is 0 Å². The van der Waals surface area contributed by atoms with Crippen molar-refractivity contribution in [2.45, 2.75) is 38.8 Å². The van der Waals surface area contributed by atoms with Crippen LogP contribution < -0.4 is 5.32 Å². The molecule has 0 saturated carbocycles. The molecule has 1 fully saturated rings. The number of nitrogens with one attached hydrogen (secondary N) is 1. The second-order valence-corrected chi connectivity index (χ2v) is 5.97. The first-order chi connectivity index (χ1) is 9.69. The third-order valence-corrected chi connectivity index (χ3v) is 4.46. The van der Waals surface area contributed by atoms with Gasteiger partial charge in [0.25, 0.3) is 0 Å². The number of nitrogens with zero attached hydrogens (tertiary/aromatic N) is 3. The van der Waals surface area contributed by atoms with Crippen LogP contribution in [0.3, 0.4) is 0 Å². The number of benzene rings is 1. The molecule has 0 amide bonds. The van der Waals surface area contributed by atoms with Crippen molar-refractivity contribution in [3.8, 4) is 0 Å². The molecule has 2 heterocycles. The second kappa shape index (κ2) is 5.44. The number of rotatable bonds is 3. The van der Waals surface area contributed by atoms with Crippen LogP contribution in [-0.2, 0) is 0 Å². The van der Waals surface area contributed by atoms with Crippen LogP contribution in [0.2, 0.25) is 0 Å². The van der Waals surface area contributed by atoms with Crippen molar-refractivity contribution >= 4 is 16.6 Å². The van der Waals surface area contributed by atoms with Crippen molar-refractivity contribution in [2.24, 2.45) is 0 Å². The molecule has 1 aliphatic rings. The number of anilines is 1. The summed E-state index contributed by atoms with van der Waals surface area (Å²) in [6, 6.07) is 7.68. The van der Waals surface area contributed by atoms with Gasteiger partial charge in [-0.1, -0.05) is 0 Å². The van der Waals surface area contributed by atoms with Crippen LogP contribution in [0, 0.1) is 0 Å². The zero-order chi connectivity index (χ0) is 14.1. The van der Waals surface area contributed by atoms with Gasteiger partial charge in [0, 0.05) is 37.3 Å². The SMILES string of the molecule is CNc1ccc2c(cnn2C2CCN(C(C)C)CC2)c1. The largest absolute Gasteiger partial charge is 0.388 e. The van der Waals surface area contributed by atoms with E-state index in [1.165, 1.54) is 36.8 Å². The second-order valence-electron chi connectivity index (χ2n) is 5.97. The third kappa shape index (κ3) is 2.40. The first-order valence-corrected chi connectivity index (χ1v) is 7.58. The van der Waals surface area contributed by atoms with Gasteiger partial charge < -0.3 is 10.2 Å². The zero-order valence-corrected chi connectivity index (χ0v) is 12.6. The Hall–Kier alpha value is -1.55. The predicted octanol–water partition coefficient (Wildman–Crippen LogP) is 3.12. The molecule has 1 N–H and O–H groups in total. The number of aromatic nitrogens is 2. The Balaban J connectivity index is 1.81. The molecule has 1 aromatic heterocycles. The maximum absolute atomic E-state index is 4.63. The maximum atomic E-state index is 4.63. The van der Waals surface area contributed by atoms with Crippen molar-refractivity contribution < 1.29 is 0 Å². The Labute approximate surface area is 120 Å². The molecule has 0 spiro atoms. The molecule has 4 heteroatoms. The molecule has 0 radical (unpaired) electrons. The summed E-state index contributed by atoms with van der Waals surface area (Å²) in [5, 5.41) is 9.04. The zero-order valence-electron chi connectivity index (χ0n) is 12.6. The lowest BCUT2D eigenvalue weighted by molar-refractivity contribution is 0.149. The van der Waals surface area contributed by atoms with Crippen LogP contribution in [-0.4, -0.2) is 40.9 Å². The fraction of sp³-hybridized carbons (Fsp3) is 0.562. The summed E-state index contributed by atoms with van der Waals surface area (Å²) in [4.78, 5) is 2.56. The van der Waals surface area contributed by atoms with Crippen molar-refractivity contribution in [2.75, 3.05) is 25.5 Å². The molecule has 0 aliphatic carbocycles. The lowest BCUT2D eigenvalue weighted by atomic mass is 10.0. The molecule has 20 heavy (non-hydrogen) atoms. The molecule has 108 valence electrons. The summed E-state index contributed by atoms with van der Waals surface area (Å²) >= 11 is 0. The third-order valence-electron chi connectivity index (χ3n) is 4.46. The Kier molecular flexibility index (Phi) is 3.66. The molecular weight excluding hydrogens is 248 g/mol. The molecule has 0 unspecified atom stereocenters. The van der Waals surface area contributed by atoms with Crippen LogP contribution >= 0.6 is 0 Å². The number of piperidine rings is 1. The average molecular weight is 272 g/mol. The minimum absolute atomic E-state index is 0.544. The van der Waals surface area contributed by atoms with E-state index in [2.05, 4.69) is 52.0 Å². The van der Waals surface area contributed by atoms with Gasteiger partial charge in [0.1, 0.15) is 0 Å². The molecule has 4 nitrogen and oxygen atoms in total. The molecule has 0 bridgehead atoms. The van der Waals surface area contributed by atoms with Gasteiger partial charge in [-0.15, -0.1) is 0 Å². The van der Waals surface area contributed by atoms with E-state index in [0.29, 0.717) is 12.1 Å². The van der Waals surface area contributed by atoms with Gasteiger partial charge in [-0.3, -0.25) is 4.68 Å². The van der Waals surface area contributed by atoms with E-state index < -0.39 is 0 Å². The van der Waals surface area contributed by atoms with Gasteiger partial charge in [-0.05, 0) is 44.9 Å². The first-order valence-electron chi connectivity index (χ1n) is 7.58. The van der Waals surface area contributed by atoms with Gasteiger partial charge in [-0.2, -0.15) is 5.10 Å². The van der Waals surface area contributed by atoms with E-state index in [0.717, 1.165) is 5.69 Å². The minimum atomic E-state index is 0.544. The lowest BCUT2D eigenvalue weighted by Crippen LogP contribution is -2.39. The van der Waals surface area contributed by atoms with Crippen molar-refractivity contribution in [1.82, 2.24) is 14.7 Å². The smallest absolute Gasteiger partial charge is 0.0687 e. The lowest BCUT2D eigenvalue weighted by Gasteiger charge is -2.34. The van der Waals surface area contributed by atoms with E-state index in [1.807, 2.05) is 13.2 Å². The molecule has 0 atom stereocenters. The Morgan fingerprint density at radius 3 is 2.65 bits per heavy atom. The van der Waals surface area contributed by atoms with Crippen LogP contribution in [0.1, 0.15) is 32.7 Å². The highest BCUT2D eigenvalue weighted by atomic mass is 15.3. The molecule has 1 aliphatic heterocycles. The van der Waals surface area contributed by atoms with E-state index in [1.54, 1.807) is 0 Å². The summed E-state index contributed by atoms with van der Waals surface area (Å²) in [6.07, 6.45) is 4.39. The first kappa shape index (κ1) is 13.4. The number of hydrogen-bond acceptors (Lipinski definition) is 3. The van der Waals surface area contributed by atoms with E-state index in [9.17, 15) is 0 Å². The van der Waals surface area contributed by atoms with Gasteiger partial charge in [0.05, 0.1) is 17.8 Å². The van der Waals surface area contributed by atoms with Crippen LogP contribution in [0.15, 0.2) is 24.4 Å². The molecule has 3 rings (SSSR count). The molecular formula is C16H24N4.